The quantitative estimate of drug-likeness (QED) is 0.816. The first kappa shape index (κ1) is 13.6. The van der Waals surface area contributed by atoms with Gasteiger partial charge in [-0.1, -0.05) is 0 Å². The molecule has 5 nitrogen and oxygen atoms in total. The van der Waals surface area contributed by atoms with Gasteiger partial charge in [0.25, 0.3) is 0 Å². The molecule has 1 heterocycles. The molecule has 1 aromatic rings. The number of hydrogen-bond acceptors (Lipinski definition) is 4. The monoisotopic (exact) mass is 268 g/mol. The molecule has 0 aromatic heterocycles. The molecule has 0 aliphatic carbocycles. The van der Waals surface area contributed by atoms with E-state index in [4.69, 9.17) is 10.5 Å². The van der Waals surface area contributed by atoms with Crippen molar-refractivity contribution in [2.45, 2.75) is 18.9 Å². The molecule has 1 saturated heterocycles. The number of carboxylic acid groups (broad SMARTS) is 1. The highest BCUT2D eigenvalue weighted by atomic mass is 19.1. The first-order valence-electron chi connectivity index (χ1n) is 6.14. The van der Waals surface area contributed by atoms with Gasteiger partial charge >= 0.3 is 5.97 Å². The van der Waals surface area contributed by atoms with Crippen LogP contribution in [-0.2, 0) is 4.74 Å². The Morgan fingerprint density at radius 1 is 1.47 bits per heavy atom. The topological polar surface area (TPSA) is 75.8 Å². The number of rotatable bonds is 3. The maximum Gasteiger partial charge on any atom is 0.340 e. The minimum Gasteiger partial charge on any atom is -0.478 e. The lowest BCUT2D eigenvalue weighted by Crippen LogP contribution is -2.37. The van der Waals surface area contributed by atoms with Gasteiger partial charge in [-0.3, -0.25) is 0 Å². The van der Waals surface area contributed by atoms with Crippen LogP contribution >= 0.6 is 0 Å². The van der Waals surface area contributed by atoms with Crippen molar-refractivity contribution >= 4 is 17.3 Å². The van der Waals surface area contributed by atoms with E-state index in [1.165, 1.54) is 12.1 Å². The molecule has 1 aliphatic rings. The van der Waals surface area contributed by atoms with E-state index in [0.29, 0.717) is 18.9 Å². The second-order valence-corrected chi connectivity index (χ2v) is 4.61. The number of anilines is 2. The summed E-state index contributed by atoms with van der Waals surface area (Å²) in [4.78, 5) is 13.1. The molecule has 0 atom stereocenters. The smallest absolute Gasteiger partial charge is 0.340 e. The second kappa shape index (κ2) is 5.44. The van der Waals surface area contributed by atoms with Crippen molar-refractivity contribution in [1.82, 2.24) is 0 Å². The second-order valence-electron chi connectivity index (χ2n) is 4.61. The fraction of sp³-hybridized carbons (Fsp3) is 0.462. The predicted molar refractivity (Wildman–Crippen MR) is 70.0 cm³/mol. The van der Waals surface area contributed by atoms with Gasteiger partial charge in [-0.25, -0.2) is 9.18 Å². The first-order valence-corrected chi connectivity index (χ1v) is 6.14. The van der Waals surface area contributed by atoms with Crippen LogP contribution in [0.1, 0.15) is 23.2 Å². The molecule has 0 spiro atoms. The van der Waals surface area contributed by atoms with Gasteiger partial charge in [-0.05, 0) is 25.0 Å². The number of ether oxygens (including phenoxy) is 1. The molecule has 3 N–H and O–H groups in total. The summed E-state index contributed by atoms with van der Waals surface area (Å²) in [6, 6.07) is 2.84. The predicted octanol–water partition coefficient (Wildman–Crippen LogP) is 1.72. The number of nitrogens with zero attached hydrogens (tertiary/aromatic N) is 1. The van der Waals surface area contributed by atoms with Gasteiger partial charge in [0.2, 0.25) is 0 Å². The van der Waals surface area contributed by atoms with Crippen molar-refractivity contribution in [3.05, 3.63) is 23.5 Å². The normalized spacial score (nSPS) is 16.3. The summed E-state index contributed by atoms with van der Waals surface area (Å²) in [5.74, 6) is -1.92. The molecule has 6 heteroatoms. The van der Waals surface area contributed by atoms with Gasteiger partial charge in [0.15, 0.2) is 0 Å². The Labute approximate surface area is 110 Å². The largest absolute Gasteiger partial charge is 0.478 e. The number of hydrogen-bond donors (Lipinski definition) is 2. The summed E-state index contributed by atoms with van der Waals surface area (Å²) < 4.78 is 18.7. The third-order valence-corrected chi connectivity index (χ3v) is 3.50. The lowest BCUT2D eigenvalue weighted by atomic mass is 10.0. The molecular formula is C13H17FN2O3. The molecule has 19 heavy (non-hydrogen) atoms. The van der Waals surface area contributed by atoms with Crippen LogP contribution < -0.4 is 10.6 Å². The summed E-state index contributed by atoms with van der Waals surface area (Å²) in [5.41, 5.74) is 5.50. The average Bonchev–Trinajstić information content (AvgIpc) is 2.41. The lowest BCUT2D eigenvalue weighted by molar-refractivity contribution is 0.0697. The molecule has 1 aromatic carbocycles. The van der Waals surface area contributed by atoms with Gasteiger partial charge in [0.1, 0.15) is 11.4 Å². The van der Waals surface area contributed by atoms with Gasteiger partial charge in [-0.2, -0.15) is 0 Å². The number of nitrogen functional groups attached to an aromatic ring is 1. The van der Waals surface area contributed by atoms with Crippen molar-refractivity contribution in [1.29, 1.82) is 0 Å². The minimum absolute atomic E-state index is 0.172. The summed E-state index contributed by atoms with van der Waals surface area (Å²) >= 11 is 0. The standard InChI is InChI=1S/C13H17FN2O3/c1-16(8-4-6-19-7-5-8)10-3-2-9(14)12(15)11(10)13(17)18/h2-3,8H,4-7,15H2,1H3,(H,17,18). The van der Waals surface area contributed by atoms with Gasteiger partial charge in [0.05, 0.1) is 11.4 Å². The minimum atomic E-state index is -1.22. The van der Waals surface area contributed by atoms with Gasteiger partial charge in [-0.15, -0.1) is 0 Å². The van der Waals surface area contributed by atoms with Crippen LogP contribution in [0.5, 0.6) is 0 Å². The molecule has 0 bridgehead atoms. The van der Waals surface area contributed by atoms with Crippen LogP contribution in [-0.4, -0.2) is 37.4 Å². The van der Waals surface area contributed by atoms with E-state index < -0.39 is 11.8 Å². The van der Waals surface area contributed by atoms with E-state index in [1.54, 1.807) is 7.05 Å². The van der Waals surface area contributed by atoms with Crippen LogP contribution in [0, 0.1) is 5.82 Å². The fourth-order valence-electron chi connectivity index (χ4n) is 2.37. The zero-order chi connectivity index (χ0) is 14.0. The van der Waals surface area contributed by atoms with Crippen LogP contribution in [0.3, 0.4) is 0 Å². The van der Waals surface area contributed by atoms with Crippen molar-refractivity contribution in [2.75, 3.05) is 30.9 Å². The van der Waals surface area contributed by atoms with Crippen molar-refractivity contribution in [3.8, 4) is 0 Å². The molecule has 2 rings (SSSR count). The van der Waals surface area contributed by atoms with Crippen molar-refractivity contribution in [2.24, 2.45) is 0 Å². The van der Waals surface area contributed by atoms with E-state index in [1.807, 2.05) is 4.90 Å². The van der Waals surface area contributed by atoms with E-state index in [9.17, 15) is 14.3 Å². The highest BCUT2D eigenvalue weighted by Gasteiger charge is 2.25. The molecule has 1 fully saturated rings. The number of benzene rings is 1. The number of halogens is 1. The molecule has 104 valence electrons. The van der Waals surface area contributed by atoms with Gasteiger partial charge in [0, 0.05) is 26.3 Å². The maximum absolute atomic E-state index is 13.4. The summed E-state index contributed by atoms with van der Waals surface area (Å²) in [6.07, 6.45) is 1.62. The van der Waals surface area contributed by atoms with Crippen molar-refractivity contribution in [3.63, 3.8) is 0 Å². The van der Waals surface area contributed by atoms with Crippen molar-refractivity contribution < 1.29 is 19.0 Å². The summed E-state index contributed by atoms with van der Waals surface area (Å²) in [6.45, 7) is 1.29. The zero-order valence-corrected chi connectivity index (χ0v) is 10.7. The average molecular weight is 268 g/mol. The SMILES string of the molecule is CN(c1ccc(F)c(N)c1C(=O)O)C1CCOCC1. The maximum atomic E-state index is 13.4. The summed E-state index contributed by atoms with van der Waals surface area (Å²) in [5, 5.41) is 9.22. The molecular weight excluding hydrogens is 251 g/mol. The molecule has 0 saturated carbocycles. The highest BCUT2D eigenvalue weighted by Crippen LogP contribution is 2.30. The Balaban J connectivity index is 2.38. The molecule has 0 amide bonds. The molecule has 0 radical (unpaired) electrons. The highest BCUT2D eigenvalue weighted by molar-refractivity contribution is 6.00. The number of carboxylic acids is 1. The van der Waals surface area contributed by atoms with Crippen LogP contribution in [0.15, 0.2) is 12.1 Å². The third kappa shape index (κ3) is 2.63. The Kier molecular flexibility index (Phi) is 3.90. The number of carbonyl (C=O) groups is 1. The molecule has 0 unspecified atom stereocenters. The van der Waals surface area contributed by atoms with E-state index in [2.05, 4.69) is 0 Å². The third-order valence-electron chi connectivity index (χ3n) is 3.50. The fourth-order valence-corrected chi connectivity index (χ4v) is 2.37. The Morgan fingerprint density at radius 2 is 2.11 bits per heavy atom. The number of aromatic carboxylic acids is 1. The number of nitrogens with two attached hydrogens (primary N) is 1. The summed E-state index contributed by atoms with van der Waals surface area (Å²) in [7, 11) is 1.80. The lowest BCUT2D eigenvalue weighted by Gasteiger charge is -2.33. The zero-order valence-electron chi connectivity index (χ0n) is 10.7. The molecule has 1 aliphatic heterocycles. The van der Waals surface area contributed by atoms with Crippen LogP contribution in [0.25, 0.3) is 0 Å². The Morgan fingerprint density at radius 3 is 2.68 bits per heavy atom. The van der Waals surface area contributed by atoms with Crippen LogP contribution in [0.4, 0.5) is 15.8 Å². The van der Waals surface area contributed by atoms with Gasteiger partial charge < -0.3 is 20.5 Å². The van der Waals surface area contributed by atoms with E-state index in [-0.39, 0.29) is 17.3 Å². The Bertz CT molecular complexity index is 487. The van der Waals surface area contributed by atoms with E-state index in [0.717, 1.165) is 12.8 Å². The first-order chi connectivity index (χ1) is 9.02. The van der Waals surface area contributed by atoms with Crippen LogP contribution in [0.2, 0.25) is 0 Å². The Hall–Kier alpha value is -1.82. The van der Waals surface area contributed by atoms with E-state index >= 15 is 0 Å².